The minimum absolute atomic E-state index is 0.205. The van der Waals surface area contributed by atoms with Crippen molar-refractivity contribution < 1.29 is 4.42 Å². The summed E-state index contributed by atoms with van der Waals surface area (Å²) in [6.07, 6.45) is 0. The maximum Gasteiger partial charge on any atom is 0.167 e. The Balaban J connectivity index is 1.31. The summed E-state index contributed by atoms with van der Waals surface area (Å²) in [6, 6.07) is 44.2. The van der Waals surface area contributed by atoms with Crippen LogP contribution < -0.4 is 0 Å². The zero-order valence-corrected chi connectivity index (χ0v) is 24.4. The maximum absolute atomic E-state index is 6.59. The molecule has 208 valence electrons. The van der Waals surface area contributed by atoms with E-state index in [4.69, 9.17) is 19.4 Å². The van der Waals surface area contributed by atoms with Gasteiger partial charge in [-0.25, -0.2) is 15.0 Å². The molecule has 0 N–H and O–H groups in total. The molecule has 0 bridgehead atoms. The Bertz CT molecular complexity index is 2420. The van der Waals surface area contributed by atoms with E-state index in [9.17, 15) is 0 Å². The van der Waals surface area contributed by atoms with Crippen LogP contribution in [0.2, 0.25) is 0 Å². The minimum atomic E-state index is -0.205. The molecule has 0 saturated heterocycles. The number of para-hydroxylation sites is 1. The second-order valence-electron chi connectivity index (χ2n) is 12.1. The van der Waals surface area contributed by atoms with Crippen LogP contribution in [0.15, 0.2) is 132 Å². The molecule has 0 saturated carbocycles. The van der Waals surface area contributed by atoms with Crippen molar-refractivity contribution in [2.45, 2.75) is 19.3 Å². The molecule has 0 spiro atoms. The van der Waals surface area contributed by atoms with E-state index >= 15 is 0 Å². The summed E-state index contributed by atoms with van der Waals surface area (Å²) >= 11 is 0. The first kappa shape index (κ1) is 24.9. The highest BCUT2D eigenvalue weighted by Crippen LogP contribution is 2.51. The first-order valence-corrected chi connectivity index (χ1v) is 15.0. The second kappa shape index (κ2) is 9.19. The number of hydrogen-bond donors (Lipinski definition) is 0. The molecule has 1 aliphatic rings. The predicted octanol–water partition coefficient (Wildman–Crippen LogP) is 10.2. The minimum Gasteiger partial charge on any atom is -0.455 e. The van der Waals surface area contributed by atoms with Crippen molar-refractivity contribution in [2.24, 2.45) is 0 Å². The Kier molecular flexibility index (Phi) is 5.21. The molecule has 4 heteroatoms. The number of hydrogen-bond acceptors (Lipinski definition) is 4. The van der Waals surface area contributed by atoms with E-state index in [1.807, 2.05) is 36.4 Å². The number of rotatable bonds is 3. The fourth-order valence-corrected chi connectivity index (χ4v) is 7.03. The zero-order chi connectivity index (χ0) is 29.4. The molecule has 6 aromatic carbocycles. The van der Waals surface area contributed by atoms with Gasteiger partial charge in [0.1, 0.15) is 11.2 Å². The summed E-state index contributed by atoms with van der Waals surface area (Å²) in [5.41, 5.74) is 9.30. The lowest BCUT2D eigenvalue weighted by Crippen LogP contribution is -2.17. The van der Waals surface area contributed by atoms with Crippen LogP contribution in [0.3, 0.4) is 0 Å². The fraction of sp³-hybridized carbons (Fsp3) is 0.0750. The summed E-state index contributed by atoms with van der Waals surface area (Å²) in [4.78, 5) is 15.4. The van der Waals surface area contributed by atoms with Gasteiger partial charge in [0.05, 0.1) is 5.56 Å². The molecular weight excluding hydrogens is 538 g/mol. The summed E-state index contributed by atoms with van der Waals surface area (Å²) in [5.74, 6) is 1.88. The normalized spacial score (nSPS) is 13.4. The first-order chi connectivity index (χ1) is 21.6. The molecular formula is C40H27N3O. The summed E-state index contributed by atoms with van der Waals surface area (Å²) < 4.78 is 6.59. The average molecular weight is 566 g/mol. The highest BCUT2D eigenvalue weighted by molar-refractivity contribution is 6.13. The molecule has 44 heavy (non-hydrogen) atoms. The summed E-state index contributed by atoms with van der Waals surface area (Å²) in [6.45, 7) is 4.58. The van der Waals surface area contributed by atoms with Gasteiger partial charge in [0.25, 0.3) is 0 Å². The van der Waals surface area contributed by atoms with Crippen LogP contribution in [-0.2, 0) is 5.41 Å². The Labute approximate surface area is 254 Å². The lowest BCUT2D eigenvalue weighted by molar-refractivity contribution is 0.661. The molecule has 0 unspecified atom stereocenters. The smallest absolute Gasteiger partial charge is 0.167 e. The Morgan fingerprint density at radius 1 is 0.500 bits per heavy atom. The van der Waals surface area contributed by atoms with Gasteiger partial charge in [-0.3, -0.25) is 0 Å². The van der Waals surface area contributed by atoms with Gasteiger partial charge in [-0.2, -0.15) is 0 Å². The molecule has 0 atom stereocenters. The summed E-state index contributed by atoms with van der Waals surface area (Å²) in [5, 5.41) is 4.46. The average Bonchev–Trinajstić information content (AvgIpc) is 3.55. The molecule has 0 radical (unpaired) electrons. The molecule has 0 amide bonds. The maximum atomic E-state index is 6.59. The largest absolute Gasteiger partial charge is 0.455 e. The third kappa shape index (κ3) is 3.61. The van der Waals surface area contributed by atoms with Crippen LogP contribution >= 0.6 is 0 Å². The van der Waals surface area contributed by atoms with Crippen LogP contribution in [0.25, 0.3) is 78.0 Å². The van der Waals surface area contributed by atoms with Crippen LogP contribution in [-0.4, -0.2) is 15.0 Å². The number of aromatic nitrogens is 3. The molecule has 2 heterocycles. The van der Waals surface area contributed by atoms with Crippen molar-refractivity contribution in [1.82, 2.24) is 15.0 Å². The van der Waals surface area contributed by atoms with Crippen LogP contribution in [0, 0.1) is 0 Å². The third-order valence-corrected chi connectivity index (χ3v) is 9.09. The molecule has 0 aliphatic heterocycles. The monoisotopic (exact) mass is 565 g/mol. The third-order valence-electron chi connectivity index (χ3n) is 9.09. The highest BCUT2D eigenvalue weighted by Gasteiger charge is 2.38. The Morgan fingerprint density at radius 2 is 1.11 bits per heavy atom. The Morgan fingerprint density at radius 3 is 1.95 bits per heavy atom. The lowest BCUT2D eigenvalue weighted by Gasteiger charge is -2.24. The summed E-state index contributed by atoms with van der Waals surface area (Å²) in [7, 11) is 0. The van der Waals surface area contributed by atoms with Crippen molar-refractivity contribution in [3.05, 3.63) is 139 Å². The van der Waals surface area contributed by atoms with Crippen molar-refractivity contribution >= 4 is 32.7 Å². The van der Waals surface area contributed by atoms with E-state index in [0.29, 0.717) is 17.5 Å². The number of nitrogens with zero attached hydrogens (tertiary/aromatic N) is 3. The van der Waals surface area contributed by atoms with E-state index in [0.717, 1.165) is 44.0 Å². The topological polar surface area (TPSA) is 51.8 Å². The van der Waals surface area contributed by atoms with Gasteiger partial charge >= 0.3 is 0 Å². The molecule has 4 nitrogen and oxygen atoms in total. The zero-order valence-electron chi connectivity index (χ0n) is 24.4. The van der Waals surface area contributed by atoms with Crippen LogP contribution in [0.1, 0.15) is 25.0 Å². The van der Waals surface area contributed by atoms with E-state index in [2.05, 4.69) is 105 Å². The Hall–Kier alpha value is -5.61. The quantitative estimate of drug-likeness (QED) is 0.214. The first-order valence-electron chi connectivity index (χ1n) is 15.0. The van der Waals surface area contributed by atoms with Crippen molar-refractivity contribution in [3.8, 4) is 45.3 Å². The molecule has 2 aromatic heterocycles. The van der Waals surface area contributed by atoms with E-state index < -0.39 is 0 Å². The SMILES string of the molecule is CC1(C)c2ccccc2-c2cccc(-c3nc(-c4ccccc4)nc(-c4cccc5c4oc4cc6ccccc6cc45)n3)c21. The van der Waals surface area contributed by atoms with E-state index in [-0.39, 0.29) is 5.41 Å². The van der Waals surface area contributed by atoms with Gasteiger partial charge in [-0.15, -0.1) is 0 Å². The van der Waals surface area contributed by atoms with Crippen LogP contribution in [0.5, 0.6) is 0 Å². The van der Waals surface area contributed by atoms with Crippen molar-refractivity contribution in [1.29, 1.82) is 0 Å². The van der Waals surface area contributed by atoms with E-state index in [1.165, 1.54) is 27.6 Å². The number of benzene rings is 6. The molecule has 0 fully saturated rings. The van der Waals surface area contributed by atoms with Crippen LogP contribution in [0.4, 0.5) is 0 Å². The van der Waals surface area contributed by atoms with Crippen molar-refractivity contribution in [2.75, 3.05) is 0 Å². The number of furan rings is 1. The van der Waals surface area contributed by atoms with Gasteiger partial charge in [-0.1, -0.05) is 123 Å². The fourth-order valence-electron chi connectivity index (χ4n) is 7.03. The standard InChI is InChI=1S/C40H27N3O/c1-40(2)33-21-9-8-16-27(33)28-17-10-19-30(35(28)40)38-41-37(24-12-4-3-5-13-24)42-39(43-38)31-20-11-18-29-32-22-25-14-6-7-15-26(25)23-34(32)44-36(29)31/h3-23H,1-2H3. The molecule has 9 rings (SSSR count). The van der Waals surface area contributed by atoms with Crippen molar-refractivity contribution in [3.63, 3.8) is 0 Å². The number of fused-ring (bicyclic) bond motifs is 7. The lowest BCUT2D eigenvalue weighted by atomic mass is 9.80. The molecule has 8 aromatic rings. The molecule has 1 aliphatic carbocycles. The second-order valence-corrected chi connectivity index (χ2v) is 12.1. The van der Waals surface area contributed by atoms with Gasteiger partial charge in [-0.05, 0) is 51.2 Å². The van der Waals surface area contributed by atoms with Gasteiger partial charge in [0, 0.05) is 27.3 Å². The van der Waals surface area contributed by atoms with Gasteiger partial charge in [0.15, 0.2) is 17.5 Å². The predicted molar refractivity (Wildman–Crippen MR) is 178 cm³/mol. The van der Waals surface area contributed by atoms with Gasteiger partial charge < -0.3 is 4.42 Å². The van der Waals surface area contributed by atoms with E-state index in [1.54, 1.807) is 0 Å². The van der Waals surface area contributed by atoms with Gasteiger partial charge in [0.2, 0.25) is 0 Å². The highest BCUT2D eigenvalue weighted by atomic mass is 16.3.